The Morgan fingerprint density at radius 1 is 1.07 bits per heavy atom. The van der Waals surface area contributed by atoms with E-state index in [1.165, 1.54) is 51.4 Å². The lowest BCUT2D eigenvalue weighted by Crippen LogP contribution is -2.04. The molecule has 0 bridgehead atoms. The van der Waals surface area contributed by atoms with Crippen molar-refractivity contribution in [2.75, 3.05) is 0 Å². The first-order chi connectivity index (χ1) is 6.79. The molecule has 0 aromatic carbocycles. The molecule has 0 amide bonds. The Kier molecular flexibility index (Phi) is 6.17. The summed E-state index contributed by atoms with van der Waals surface area (Å²) in [7, 11) is 0. The monoisotopic (exact) mass is 213 g/mol. The van der Waals surface area contributed by atoms with Crippen LogP contribution < -0.4 is 0 Å². The molecule has 1 rings (SSSR count). The van der Waals surface area contributed by atoms with Crippen LogP contribution in [0.15, 0.2) is 0 Å². The number of hydrogen-bond donors (Lipinski definition) is 0. The average molecular weight is 213 g/mol. The van der Waals surface area contributed by atoms with Crippen LogP contribution in [0, 0.1) is 5.92 Å². The second-order valence-electron chi connectivity index (χ2n) is 4.48. The SMILES string of the molecule is O=C([S])CCCC1CCCCCCC1. The number of carbonyl (C=O) groups is 1. The maximum Gasteiger partial charge on any atom is 0.218 e. The minimum Gasteiger partial charge on any atom is -0.282 e. The molecule has 0 unspecified atom stereocenters. The van der Waals surface area contributed by atoms with Gasteiger partial charge < -0.3 is 0 Å². The Morgan fingerprint density at radius 3 is 2.21 bits per heavy atom. The highest BCUT2D eigenvalue weighted by molar-refractivity contribution is 7.96. The number of hydrogen-bond acceptors (Lipinski definition) is 1. The van der Waals surface area contributed by atoms with Crippen LogP contribution in [0.1, 0.15) is 64.2 Å². The zero-order chi connectivity index (χ0) is 10.2. The third kappa shape index (κ3) is 5.58. The van der Waals surface area contributed by atoms with Crippen molar-refractivity contribution in [2.45, 2.75) is 64.2 Å². The van der Waals surface area contributed by atoms with Crippen molar-refractivity contribution in [2.24, 2.45) is 5.92 Å². The van der Waals surface area contributed by atoms with Crippen molar-refractivity contribution in [3.8, 4) is 0 Å². The predicted molar refractivity (Wildman–Crippen MR) is 62.3 cm³/mol. The molecule has 0 aromatic rings. The van der Waals surface area contributed by atoms with E-state index in [4.69, 9.17) is 0 Å². The fourth-order valence-electron chi connectivity index (χ4n) is 2.36. The Labute approximate surface area is 93.1 Å². The molecule has 1 nitrogen and oxygen atoms in total. The molecule has 0 heterocycles. The lowest BCUT2D eigenvalue weighted by atomic mass is 9.88. The molecular weight excluding hydrogens is 192 g/mol. The van der Waals surface area contributed by atoms with E-state index in [0.717, 1.165) is 12.3 Å². The fraction of sp³-hybridized carbons (Fsp3) is 0.917. The van der Waals surface area contributed by atoms with E-state index < -0.39 is 0 Å². The van der Waals surface area contributed by atoms with Crippen molar-refractivity contribution in [3.63, 3.8) is 0 Å². The molecular formula is C12H21OS. The van der Waals surface area contributed by atoms with Gasteiger partial charge in [-0.05, 0) is 31.4 Å². The minimum absolute atomic E-state index is 0.0594. The van der Waals surface area contributed by atoms with Gasteiger partial charge in [0, 0.05) is 6.42 Å². The third-order valence-electron chi connectivity index (χ3n) is 3.22. The zero-order valence-corrected chi connectivity index (χ0v) is 9.78. The van der Waals surface area contributed by atoms with Crippen molar-refractivity contribution >= 4 is 17.7 Å². The van der Waals surface area contributed by atoms with Crippen molar-refractivity contribution < 1.29 is 4.79 Å². The van der Waals surface area contributed by atoms with Gasteiger partial charge in [-0.25, -0.2) is 0 Å². The van der Waals surface area contributed by atoms with Gasteiger partial charge >= 0.3 is 0 Å². The van der Waals surface area contributed by atoms with Gasteiger partial charge in [0.2, 0.25) is 5.12 Å². The first kappa shape index (κ1) is 12.0. The normalized spacial score (nSPS) is 20.0. The van der Waals surface area contributed by atoms with Crippen LogP contribution in [0.25, 0.3) is 0 Å². The van der Waals surface area contributed by atoms with Gasteiger partial charge in [0.15, 0.2) is 0 Å². The summed E-state index contributed by atoms with van der Waals surface area (Å²) >= 11 is 4.56. The summed E-state index contributed by atoms with van der Waals surface area (Å²) in [6.07, 6.45) is 12.7. The Hall–Kier alpha value is -0.110. The van der Waals surface area contributed by atoms with E-state index >= 15 is 0 Å². The van der Waals surface area contributed by atoms with Crippen LogP contribution in [-0.4, -0.2) is 5.12 Å². The summed E-state index contributed by atoms with van der Waals surface area (Å²) in [5.74, 6) is 0.879. The van der Waals surface area contributed by atoms with Crippen molar-refractivity contribution in [3.05, 3.63) is 0 Å². The molecule has 0 saturated heterocycles. The number of rotatable bonds is 4. The highest BCUT2D eigenvalue weighted by Crippen LogP contribution is 2.26. The first-order valence-corrected chi connectivity index (χ1v) is 6.39. The molecule has 0 aliphatic heterocycles. The predicted octanol–water partition coefficient (Wildman–Crippen LogP) is 4.24. The molecule has 1 radical (unpaired) electrons. The highest BCUT2D eigenvalue weighted by atomic mass is 32.1. The lowest BCUT2D eigenvalue weighted by molar-refractivity contribution is -0.110. The average Bonchev–Trinajstić information content (AvgIpc) is 2.07. The molecule has 0 N–H and O–H groups in total. The standard InChI is InChI=1S/C12H21OS/c13-12(14)10-6-9-11-7-4-2-1-3-5-8-11/h11H,1-10H2. The largest absolute Gasteiger partial charge is 0.282 e. The van der Waals surface area contributed by atoms with E-state index in [0.29, 0.717) is 6.42 Å². The Morgan fingerprint density at radius 2 is 1.64 bits per heavy atom. The Bertz CT molecular complexity index is 160. The fourth-order valence-corrected chi connectivity index (χ4v) is 2.51. The van der Waals surface area contributed by atoms with Gasteiger partial charge in [-0.2, -0.15) is 0 Å². The van der Waals surface area contributed by atoms with Gasteiger partial charge in [-0.3, -0.25) is 4.79 Å². The first-order valence-electron chi connectivity index (χ1n) is 5.99. The maximum absolute atomic E-state index is 10.6. The van der Waals surface area contributed by atoms with E-state index in [2.05, 4.69) is 12.6 Å². The van der Waals surface area contributed by atoms with Gasteiger partial charge in [0.25, 0.3) is 0 Å². The molecule has 0 spiro atoms. The smallest absolute Gasteiger partial charge is 0.218 e. The van der Waals surface area contributed by atoms with Gasteiger partial charge in [0.05, 0.1) is 0 Å². The molecule has 81 valence electrons. The Balaban J connectivity index is 2.10. The van der Waals surface area contributed by atoms with E-state index in [-0.39, 0.29) is 5.12 Å². The molecule has 0 atom stereocenters. The van der Waals surface area contributed by atoms with E-state index in [9.17, 15) is 4.79 Å². The summed E-state index contributed by atoms with van der Waals surface area (Å²) in [6.45, 7) is 0. The van der Waals surface area contributed by atoms with Gasteiger partial charge in [0.1, 0.15) is 0 Å². The summed E-state index contributed by atoms with van der Waals surface area (Å²) in [4.78, 5) is 10.6. The molecule has 14 heavy (non-hydrogen) atoms. The van der Waals surface area contributed by atoms with Crippen LogP contribution >= 0.6 is 12.6 Å². The summed E-state index contributed by atoms with van der Waals surface area (Å²) in [5.41, 5.74) is 0. The van der Waals surface area contributed by atoms with Gasteiger partial charge in [-0.1, -0.05) is 44.9 Å². The minimum atomic E-state index is -0.0594. The van der Waals surface area contributed by atoms with Crippen LogP contribution in [-0.2, 0) is 4.79 Å². The quantitative estimate of drug-likeness (QED) is 0.682. The molecule has 1 aliphatic rings. The summed E-state index contributed by atoms with van der Waals surface area (Å²) < 4.78 is 0. The van der Waals surface area contributed by atoms with E-state index in [1.807, 2.05) is 0 Å². The van der Waals surface area contributed by atoms with Crippen LogP contribution in [0.3, 0.4) is 0 Å². The van der Waals surface area contributed by atoms with Crippen LogP contribution in [0.5, 0.6) is 0 Å². The molecule has 1 saturated carbocycles. The zero-order valence-electron chi connectivity index (χ0n) is 8.96. The second-order valence-corrected chi connectivity index (χ2v) is 4.93. The number of carbonyl (C=O) groups excluding carboxylic acids is 1. The van der Waals surface area contributed by atoms with Gasteiger partial charge in [-0.15, -0.1) is 0 Å². The highest BCUT2D eigenvalue weighted by Gasteiger charge is 2.11. The molecule has 1 aliphatic carbocycles. The molecule has 1 fully saturated rings. The lowest BCUT2D eigenvalue weighted by Gasteiger charge is -2.18. The molecule has 2 heteroatoms. The summed E-state index contributed by atoms with van der Waals surface area (Å²) in [5, 5.41) is -0.0594. The van der Waals surface area contributed by atoms with Crippen LogP contribution in [0.2, 0.25) is 0 Å². The maximum atomic E-state index is 10.6. The molecule has 0 aromatic heterocycles. The van der Waals surface area contributed by atoms with Crippen molar-refractivity contribution in [1.29, 1.82) is 0 Å². The second kappa shape index (κ2) is 7.22. The topological polar surface area (TPSA) is 17.1 Å². The van der Waals surface area contributed by atoms with Crippen molar-refractivity contribution in [1.82, 2.24) is 0 Å². The third-order valence-corrected chi connectivity index (χ3v) is 3.42. The summed E-state index contributed by atoms with van der Waals surface area (Å²) in [6, 6.07) is 0. The van der Waals surface area contributed by atoms with E-state index in [1.54, 1.807) is 0 Å². The van der Waals surface area contributed by atoms with Crippen LogP contribution in [0.4, 0.5) is 0 Å².